The van der Waals surface area contributed by atoms with E-state index >= 15 is 0 Å². The molecule has 0 atom stereocenters. The molecule has 3 N–H and O–H groups in total. The smallest absolute Gasteiger partial charge is 0.314 e. The number of anilines is 1. The van der Waals surface area contributed by atoms with Crippen LogP contribution in [0.2, 0.25) is 0 Å². The van der Waals surface area contributed by atoms with Crippen LogP contribution in [0.15, 0.2) is 50.9 Å². The van der Waals surface area contributed by atoms with Gasteiger partial charge >= 0.3 is 11.1 Å². The van der Waals surface area contributed by atoms with E-state index in [2.05, 4.69) is 15.3 Å². The summed E-state index contributed by atoms with van der Waals surface area (Å²) in [5, 5.41) is 2.65. The molecule has 3 aromatic rings. The first-order valence-corrected chi connectivity index (χ1v) is 11.1. The number of methoxy groups -OCH3 is 1. The van der Waals surface area contributed by atoms with E-state index in [0.717, 1.165) is 0 Å². The van der Waals surface area contributed by atoms with Crippen LogP contribution in [0.1, 0.15) is 10.4 Å². The van der Waals surface area contributed by atoms with Crippen molar-refractivity contribution < 1.29 is 22.7 Å². The van der Waals surface area contributed by atoms with E-state index in [-0.39, 0.29) is 40.5 Å². The second kappa shape index (κ2) is 8.57. The molecule has 2 aromatic carbocycles. The molecule has 0 radical (unpaired) electrons. The summed E-state index contributed by atoms with van der Waals surface area (Å²) in [6, 6.07) is 8.57. The first-order chi connectivity index (χ1) is 15.3. The lowest BCUT2D eigenvalue weighted by Gasteiger charge is -2.26. The SMILES string of the molecule is COc1ccc(S(=O)(=O)N2CCOCC2)cc1NC(=O)c1ccc2[nH]c(=O)c(=O)[nH]c2c1. The largest absolute Gasteiger partial charge is 0.495 e. The molecule has 0 saturated carbocycles. The number of ether oxygens (including phenoxy) is 2. The molecule has 0 bridgehead atoms. The van der Waals surface area contributed by atoms with Crippen molar-refractivity contribution in [2.24, 2.45) is 0 Å². The summed E-state index contributed by atoms with van der Waals surface area (Å²) in [5.74, 6) is -0.282. The van der Waals surface area contributed by atoms with Crippen LogP contribution < -0.4 is 21.2 Å². The predicted octanol–water partition coefficient (Wildman–Crippen LogP) is 0.498. The van der Waals surface area contributed by atoms with Gasteiger partial charge in [-0.1, -0.05) is 0 Å². The Morgan fingerprint density at radius 3 is 2.41 bits per heavy atom. The number of hydrogen-bond acceptors (Lipinski definition) is 7. The Kier molecular flexibility index (Phi) is 5.82. The molecule has 1 aliphatic rings. The van der Waals surface area contributed by atoms with Gasteiger partial charge in [-0.05, 0) is 36.4 Å². The Labute approximate surface area is 182 Å². The molecule has 1 fully saturated rings. The first kappa shape index (κ1) is 21.7. The molecule has 1 saturated heterocycles. The minimum Gasteiger partial charge on any atom is -0.495 e. The number of morpholine rings is 1. The number of aromatic amines is 2. The van der Waals surface area contributed by atoms with Crippen molar-refractivity contribution >= 4 is 32.7 Å². The fourth-order valence-electron chi connectivity index (χ4n) is 3.33. The third kappa shape index (κ3) is 4.15. The van der Waals surface area contributed by atoms with Crippen LogP contribution in [0, 0.1) is 0 Å². The molecule has 0 unspecified atom stereocenters. The van der Waals surface area contributed by atoms with Gasteiger partial charge in [-0.3, -0.25) is 14.4 Å². The standard InChI is InChI=1S/C20H20N4O7S/c1-30-17-5-3-13(32(28,29)24-6-8-31-9-7-24)11-16(17)23-18(25)12-2-4-14-15(10-12)22-20(27)19(26)21-14/h2-5,10-11H,6-9H2,1H3,(H,21,26)(H,22,27)(H,23,25). The summed E-state index contributed by atoms with van der Waals surface area (Å²) >= 11 is 0. The Hall–Kier alpha value is -3.48. The van der Waals surface area contributed by atoms with Crippen LogP contribution in [-0.4, -0.2) is 62.0 Å². The highest BCUT2D eigenvalue weighted by Gasteiger charge is 2.27. The number of nitrogens with one attached hydrogen (secondary N) is 3. The van der Waals surface area contributed by atoms with Gasteiger partial charge in [-0.15, -0.1) is 0 Å². The summed E-state index contributed by atoms with van der Waals surface area (Å²) in [6.07, 6.45) is 0. The van der Waals surface area contributed by atoms with E-state index in [4.69, 9.17) is 9.47 Å². The van der Waals surface area contributed by atoms with Gasteiger partial charge in [0.25, 0.3) is 5.91 Å². The number of nitrogens with zero attached hydrogens (tertiary/aromatic N) is 1. The van der Waals surface area contributed by atoms with Crippen LogP contribution in [0.4, 0.5) is 5.69 Å². The molecular formula is C20H20N4O7S. The summed E-state index contributed by atoms with van der Waals surface area (Å²) in [6.45, 7) is 1.11. The monoisotopic (exact) mass is 460 g/mol. The van der Waals surface area contributed by atoms with Gasteiger partial charge in [0.05, 0.1) is 41.9 Å². The number of rotatable bonds is 5. The predicted molar refractivity (Wildman–Crippen MR) is 116 cm³/mol. The molecule has 11 nitrogen and oxygen atoms in total. The summed E-state index contributed by atoms with van der Waals surface area (Å²) in [5.41, 5.74) is -0.638. The van der Waals surface area contributed by atoms with Crippen molar-refractivity contribution in [1.29, 1.82) is 0 Å². The second-order valence-electron chi connectivity index (χ2n) is 7.00. The highest BCUT2D eigenvalue weighted by Crippen LogP contribution is 2.29. The molecule has 1 aromatic heterocycles. The molecule has 2 heterocycles. The Morgan fingerprint density at radius 1 is 1.03 bits per heavy atom. The van der Waals surface area contributed by atoms with E-state index in [0.29, 0.717) is 18.7 Å². The van der Waals surface area contributed by atoms with Gasteiger partial charge in [-0.25, -0.2) is 8.42 Å². The van der Waals surface area contributed by atoms with Gasteiger partial charge in [0.1, 0.15) is 5.75 Å². The van der Waals surface area contributed by atoms with Crippen molar-refractivity contribution in [1.82, 2.24) is 14.3 Å². The van der Waals surface area contributed by atoms with Gasteiger partial charge < -0.3 is 24.8 Å². The third-order valence-corrected chi connectivity index (χ3v) is 6.91. The third-order valence-electron chi connectivity index (χ3n) is 5.01. The molecule has 0 aliphatic carbocycles. The molecule has 4 rings (SSSR count). The topological polar surface area (TPSA) is 151 Å². The Balaban J connectivity index is 1.66. The zero-order valence-corrected chi connectivity index (χ0v) is 17.8. The first-order valence-electron chi connectivity index (χ1n) is 9.63. The molecule has 1 aliphatic heterocycles. The van der Waals surface area contributed by atoms with Gasteiger partial charge in [0.2, 0.25) is 10.0 Å². The summed E-state index contributed by atoms with van der Waals surface area (Å²) < 4.78 is 37.7. The van der Waals surface area contributed by atoms with Crippen LogP contribution in [-0.2, 0) is 14.8 Å². The van der Waals surface area contributed by atoms with Crippen molar-refractivity contribution in [2.45, 2.75) is 4.90 Å². The number of benzene rings is 2. The van der Waals surface area contributed by atoms with E-state index in [9.17, 15) is 22.8 Å². The lowest BCUT2D eigenvalue weighted by Crippen LogP contribution is -2.40. The lowest BCUT2D eigenvalue weighted by atomic mass is 10.1. The van der Waals surface area contributed by atoms with Crippen LogP contribution in [0.5, 0.6) is 5.75 Å². The highest BCUT2D eigenvalue weighted by atomic mass is 32.2. The maximum absolute atomic E-state index is 13.0. The lowest BCUT2D eigenvalue weighted by molar-refractivity contribution is 0.0730. The van der Waals surface area contributed by atoms with Crippen LogP contribution in [0.25, 0.3) is 11.0 Å². The van der Waals surface area contributed by atoms with Gasteiger partial charge in [0.15, 0.2) is 0 Å². The average molecular weight is 460 g/mol. The quantitative estimate of drug-likeness (QED) is 0.469. The van der Waals surface area contributed by atoms with Crippen molar-refractivity contribution in [3.8, 4) is 5.75 Å². The fraction of sp³-hybridized carbons (Fsp3) is 0.250. The summed E-state index contributed by atoms with van der Waals surface area (Å²) in [7, 11) is -2.37. The number of H-pyrrole nitrogens is 2. The fourth-order valence-corrected chi connectivity index (χ4v) is 4.77. The van der Waals surface area contributed by atoms with Crippen molar-refractivity contribution in [3.63, 3.8) is 0 Å². The number of sulfonamides is 1. The Morgan fingerprint density at radius 2 is 1.72 bits per heavy atom. The maximum atomic E-state index is 13.0. The molecule has 168 valence electrons. The average Bonchev–Trinajstić information content (AvgIpc) is 2.80. The number of aromatic nitrogens is 2. The number of amides is 1. The van der Waals surface area contributed by atoms with E-state index < -0.39 is 27.0 Å². The number of carbonyl (C=O) groups is 1. The molecular weight excluding hydrogens is 440 g/mol. The number of carbonyl (C=O) groups excluding carboxylic acids is 1. The van der Waals surface area contributed by atoms with Gasteiger partial charge in [-0.2, -0.15) is 4.31 Å². The minimum absolute atomic E-state index is 0.0101. The van der Waals surface area contributed by atoms with Crippen molar-refractivity contribution in [2.75, 3.05) is 38.7 Å². The van der Waals surface area contributed by atoms with Crippen molar-refractivity contribution in [3.05, 3.63) is 62.7 Å². The number of hydrogen-bond donors (Lipinski definition) is 3. The Bertz CT molecular complexity index is 1410. The van der Waals surface area contributed by atoms with E-state index in [1.807, 2.05) is 0 Å². The summed E-state index contributed by atoms with van der Waals surface area (Å²) in [4.78, 5) is 40.7. The molecule has 1 amide bonds. The normalized spacial score (nSPS) is 14.9. The second-order valence-corrected chi connectivity index (χ2v) is 8.94. The molecule has 12 heteroatoms. The highest BCUT2D eigenvalue weighted by molar-refractivity contribution is 7.89. The molecule has 32 heavy (non-hydrogen) atoms. The zero-order valence-electron chi connectivity index (χ0n) is 17.0. The minimum atomic E-state index is -3.77. The van der Waals surface area contributed by atoms with E-state index in [1.165, 1.54) is 47.8 Å². The zero-order chi connectivity index (χ0) is 22.9. The van der Waals surface area contributed by atoms with E-state index in [1.54, 1.807) is 0 Å². The maximum Gasteiger partial charge on any atom is 0.314 e. The van der Waals surface area contributed by atoms with Gasteiger partial charge in [0, 0.05) is 18.7 Å². The number of fused-ring (bicyclic) bond motifs is 1. The molecule has 0 spiro atoms. The van der Waals surface area contributed by atoms with Crippen LogP contribution >= 0.6 is 0 Å². The van der Waals surface area contributed by atoms with Crippen LogP contribution in [0.3, 0.4) is 0 Å².